The van der Waals surface area contributed by atoms with Gasteiger partial charge in [-0.05, 0) is 50.7 Å². The lowest BCUT2D eigenvalue weighted by atomic mass is 10.1. The van der Waals surface area contributed by atoms with Crippen molar-refractivity contribution in [3.63, 3.8) is 0 Å². The molecule has 0 spiro atoms. The number of halogens is 2. The molecule has 0 saturated heterocycles. The van der Waals surface area contributed by atoms with Crippen molar-refractivity contribution in [2.24, 2.45) is 0 Å². The third-order valence-electron chi connectivity index (χ3n) is 3.10. The summed E-state index contributed by atoms with van der Waals surface area (Å²) in [5, 5.41) is 8.46. The van der Waals surface area contributed by atoms with E-state index in [0.29, 0.717) is 19.3 Å². The molecular formula is C18H28F2O2. The zero-order chi connectivity index (χ0) is 16.7. The first-order valence-corrected chi connectivity index (χ1v) is 8.08. The predicted molar refractivity (Wildman–Crippen MR) is 87.2 cm³/mol. The molecule has 0 aliphatic heterocycles. The van der Waals surface area contributed by atoms with Crippen LogP contribution in [0.15, 0.2) is 36.5 Å². The Balaban J connectivity index is 3.78. The molecule has 0 aromatic carbocycles. The molecule has 1 N–H and O–H groups in total. The lowest BCUT2D eigenvalue weighted by Gasteiger charge is -2.04. The summed E-state index contributed by atoms with van der Waals surface area (Å²) >= 11 is 0. The Hall–Kier alpha value is -1.45. The first kappa shape index (κ1) is 20.6. The molecule has 0 aliphatic rings. The summed E-state index contributed by atoms with van der Waals surface area (Å²) in [6.45, 7) is 2.08. The molecule has 0 saturated carbocycles. The van der Waals surface area contributed by atoms with Gasteiger partial charge < -0.3 is 5.11 Å². The van der Waals surface area contributed by atoms with E-state index in [9.17, 15) is 13.6 Å². The quantitative estimate of drug-likeness (QED) is 0.339. The van der Waals surface area contributed by atoms with Crippen LogP contribution in [0.5, 0.6) is 0 Å². The first-order valence-electron chi connectivity index (χ1n) is 8.08. The van der Waals surface area contributed by atoms with Gasteiger partial charge in [-0.3, -0.25) is 4.79 Å². The summed E-state index contributed by atoms with van der Waals surface area (Å²) in [6.07, 6.45) is 15.4. The van der Waals surface area contributed by atoms with Crippen molar-refractivity contribution < 1.29 is 18.7 Å². The number of aliphatic carboxylic acids is 1. The number of rotatable bonds is 13. The second-order valence-electron chi connectivity index (χ2n) is 5.32. The van der Waals surface area contributed by atoms with Crippen molar-refractivity contribution in [2.75, 3.05) is 0 Å². The van der Waals surface area contributed by atoms with Gasteiger partial charge in [0.2, 0.25) is 0 Å². The Morgan fingerprint density at radius 1 is 0.955 bits per heavy atom. The van der Waals surface area contributed by atoms with Crippen LogP contribution in [-0.2, 0) is 4.79 Å². The third-order valence-corrected chi connectivity index (χ3v) is 3.10. The van der Waals surface area contributed by atoms with Gasteiger partial charge in [0.25, 0.3) is 5.92 Å². The highest BCUT2D eigenvalue weighted by Crippen LogP contribution is 2.18. The molecule has 0 amide bonds. The molecule has 0 atom stereocenters. The minimum Gasteiger partial charge on any atom is -0.481 e. The van der Waals surface area contributed by atoms with E-state index in [0.717, 1.165) is 44.3 Å². The maximum Gasteiger partial charge on any atom is 0.303 e. The van der Waals surface area contributed by atoms with Crippen molar-refractivity contribution in [1.82, 2.24) is 0 Å². The molecule has 2 nitrogen and oxygen atoms in total. The first-order chi connectivity index (χ1) is 10.5. The van der Waals surface area contributed by atoms with E-state index in [-0.39, 0.29) is 6.42 Å². The van der Waals surface area contributed by atoms with Gasteiger partial charge in [-0.2, -0.15) is 8.78 Å². The maximum absolute atomic E-state index is 13.4. The van der Waals surface area contributed by atoms with E-state index in [1.165, 1.54) is 6.08 Å². The van der Waals surface area contributed by atoms with Gasteiger partial charge in [0.1, 0.15) is 0 Å². The smallest absolute Gasteiger partial charge is 0.303 e. The fourth-order valence-electron chi connectivity index (χ4n) is 1.86. The van der Waals surface area contributed by atoms with Gasteiger partial charge in [0.05, 0.1) is 0 Å². The van der Waals surface area contributed by atoms with Crippen LogP contribution in [0, 0.1) is 0 Å². The number of unbranched alkanes of at least 4 members (excludes halogenated alkanes) is 5. The Labute approximate surface area is 132 Å². The van der Waals surface area contributed by atoms with Crippen molar-refractivity contribution >= 4 is 5.97 Å². The Kier molecular flexibility index (Phi) is 12.4. The van der Waals surface area contributed by atoms with Gasteiger partial charge in [0, 0.05) is 6.42 Å². The summed E-state index contributed by atoms with van der Waals surface area (Å²) in [5.41, 5.74) is 0. The summed E-state index contributed by atoms with van der Waals surface area (Å²) in [5.74, 6) is -3.65. The zero-order valence-corrected chi connectivity index (χ0v) is 13.4. The lowest BCUT2D eigenvalue weighted by Crippen LogP contribution is -2.06. The minimum atomic E-state index is -2.87. The van der Waals surface area contributed by atoms with E-state index in [1.54, 1.807) is 6.08 Å². The van der Waals surface area contributed by atoms with E-state index < -0.39 is 11.9 Å². The van der Waals surface area contributed by atoms with Crippen LogP contribution >= 0.6 is 0 Å². The van der Waals surface area contributed by atoms with Crippen LogP contribution in [0.2, 0.25) is 0 Å². The van der Waals surface area contributed by atoms with Crippen molar-refractivity contribution in [1.29, 1.82) is 0 Å². The third kappa shape index (κ3) is 14.9. The van der Waals surface area contributed by atoms with Gasteiger partial charge in [-0.25, -0.2) is 0 Å². The predicted octanol–water partition coefficient (Wildman–Crippen LogP) is 5.91. The SMILES string of the molecule is CCCCC/C=C\C(F)(F)/C=C\C/C=C\CCCCC(=O)O. The summed E-state index contributed by atoms with van der Waals surface area (Å²) < 4.78 is 26.9. The van der Waals surface area contributed by atoms with Gasteiger partial charge >= 0.3 is 5.97 Å². The number of carboxylic acid groups (broad SMARTS) is 1. The number of hydrogen-bond donors (Lipinski definition) is 1. The maximum atomic E-state index is 13.4. The second kappa shape index (κ2) is 13.2. The van der Waals surface area contributed by atoms with Crippen molar-refractivity contribution in [2.45, 2.75) is 70.6 Å². The largest absolute Gasteiger partial charge is 0.481 e. The molecule has 0 unspecified atom stereocenters. The second-order valence-corrected chi connectivity index (χ2v) is 5.32. The molecule has 0 bridgehead atoms. The van der Waals surface area contributed by atoms with E-state index in [2.05, 4.69) is 6.92 Å². The summed E-state index contributed by atoms with van der Waals surface area (Å²) in [7, 11) is 0. The van der Waals surface area contributed by atoms with Crippen molar-refractivity contribution in [3.05, 3.63) is 36.5 Å². The molecule has 4 heteroatoms. The molecular weight excluding hydrogens is 286 g/mol. The standard InChI is InChI=1S/C18H28F2O2/c1-2-3-4-9-12-15-18(19,20)16-13-10-7-5-6-8-11-14-17(21)22/h5,7,12-13,15-16H,2-4,6,8-11,14H2,1H3,(H,21,22)/b7-5-,15-12-,16-13-. The van der Waals surface area contributed by atoms with Crippen LogP contribution in [0.1, 0.15) is 64.7 Å². The van der Waals surface area contributed by atoms with Crippen LogP contribution < -0.4 is 0 Å². The number of alkyl halides is 2. The van der Waals surface area contributed by atoms with Crippen molar-refractivity contribution in [3.8, 4) is 0 Å². The van der Waals surface area contributed by atoms with Crippen LogP contribution in [-0.4, -0.2) is 17.0 Å². The summed E-state index contributed by atoms with van der Waals surface area (Å²) in [4.78, 5) is 10.3. The summed E-state index contributed by atoms with van der Waals surface area (Å²) in [6, 6.07) is 0. The minimum absolute atomic E-state index is 0.185. The molecule has 0 aromatic heterocycles. The highest BCUT2D eigenvalue weighted by atomic mass is 19.3. The number of carbonyl (C=O) groups is 1. The zero-order valence-electron chi connectivity index (χ0n) is 13.4. The molecule has 0 rings (SSSR count). The topological polar surface area (TPSA) is 37.3 Å². The molecule has 0 heterocycles. The fourth-order valence-corrected chi connectivity index (χ4v) is 1.86. The van der Waals surface area contributed by atoms with Crippen LogP contribution in [0.4, 0.5) is 8.78 Å². The van der Waals surface area contributed by atoms with Crippen LogP contribution in [0.25, 0.3) is 0 Å². The highest BCUT2D eigenvalue weighted by Gasteiger charge is 2.19. The molecule has 0 radical (unpaired) electrons. The normalized spacial score (nSPS) is 12.9. The molecule has 0 aliphatic carbocycles. The lowest BCUT2D eigenvalue weighted by molar-refractivity contribution is -0.137. The molecule has 126 valence electrons. The Morgan fingerprint density at radius 2 is 1.59 bits per heavy atom. The molecule has 22 heavy (non-hydrogen) atoms. The van der Waals surface area contributed by atoms with E-state index >= 15 is 0 Å². The van der Waals surface area contributed by atoms with Crippen LogP contribution in [0.3, 0.4) is 0 Å². The Morgan fingerprint density at radius 3 is 2.27 bits per heavy atom. The molecule has 0 aromatic rings. The van der Waals surface area contributed by atoms with Gasteiger partial charge in [0.15, 0.2) is 0 Å². The number of allylic oxidation sites excluding steroid dienone is 6. The van der Waals surface area contributed by atoms with E-state index in [4.69, 9.17) is 5.11 Å². The monoisotopic (exact) mass is 314 g/mol. The highest BCUT2D eigenvalue weighted by molar-refractivity contribution is 5.66. The fraction of sp³-hybridized carbons (Fsp3) is 0.611. The van der Waals surface area contributed by atoms with E-state index in [1.807, 2.05) is 12.2 Å². The number of hydrogen-bond acceptors (Lipinski definition) is 1. The Bertz CT molecular complexity index is 371. The number of carboxylic acids is 1. The van der Waals surface area contributed by atoms with Gasteiger partial charge in [-0.15, -0.1) is 0 Å². The van der Waals surface area contributed by atoms with Gasteiger partial charge in [-0.1, -0.05) is 44.1 Å². The average molecular weight is 314 g/mol. The average Bonchev–Trinajstić information content (AvgIpc) is 2.45. The molecule has 0 fully saturated rings.